The molecule has 0 bridgehead atoms. The molecule has 1 aromatic rings. The van der Waals surface area contributed by atoms with Crippen LogP contribution in [0.3, 0.4) is 0 Å². The first-order valence-corrected chi connectivity index (χ1v) is 7.35. The predicted molar refractivity (Wildman–Crippen MR) is 77.0 cm³/mol. The highest BCUT2D eigenvalue weighted by molar-refractivity contribution is 14.1. The number of carbonyl (C=O) groups excluding carboxylic acids is 1. The van der Waals surface area contributed by atoms with Crippen molar-refractivity contribution in [1.29, 1.82) is 0 Å². The van der Waals surface area contributed by atoms with Crippen LogP contribution in [0.2, 0.25) is 5.02 Å². The second-order valence-electron chi connectivity index (χ2n) is 3.39. The molecule has 1 aliphatic rings. The molecule has 1 amide bonds. The Kier molecular flexibility index (Phi) is 4.34. The summed E-state index contributed by atoms with van der Waals surface area (Å²) in [6.07, 6.45) is 0. The molecule has 0 spiro atoms. The van der Waals surface area contributed by atoms with E-state index in [-0.39, 0.29) is 11.9 Å². The van der Waals surface area contributed by atoms with Crippen molar-refractivity contribution in [3.05, 3.63) is 26.8 Å². The van der Waals surface area contributed by atoms with Crippen LogP contribution in [0.5, 0.6) is 0 Å². The molecule has 1 heterocycles. The van der Waals surface area contributed by atoms with Gasteiger partial charge < -0.3 is 5.32 Å². The highest BCUT2D eigenvalue weighted by Gasteiger charge is 2.22. The summed E-state index contributed by atoms with van der Waals surface area (Å²) in [5.74, 6) is 1.69. The van der Waals surface area contributed by atoms with Gasteiger partial charge in [-0.15, -0.1) is 11.8 Å². The predicted octanol–water partition coefficient (Wildman–Crippen LogP) is 2.55. The van der Waals surface area contributed by atoms with Gasteiger partial charge in [-0.25, -0.2) is 0 Å². The lowest BCUT2D eigenvalue weighted by Gasteiger charge is -2.11. The average Bonchev–Trinajstić information content (AvgIpc) is 2.75. The molecule has 3 nitrogen and oxygen atoms in total. The van der Waals surface area contributed by atoms with Gasteiger partial charge in [-0.1, -0.05) is 11.6 Å². The molecule has 2 N–H and O–H groups in total. The minimum Gasteiger partial charge on any atom is -0.324 e. The van der Waals surface area contributed by atoms with Crippen LogP contribution in [0, 0.1) is 3.57 Å². The Bertz CT molecular complexity index is 410. The molecule has 1 fully saturated rings. The second kappa shape index (κ2) is 5.57. The maximum atomic E-state index is 11.8. The van der Waals surface area contributed by atoms with Gasteiger partial charge in [0.2, 0.25) is 5.91 Å². The number of halogens is 2. The van der Waals surface area contributed by atoms with Crippen LogP contribution in [-0.4, -0.2) is 23.6 Å². The molecule has 0 saturated carbocycles. The van der Waals surface area contributed by atoms with Crippen molar-refractivity contribution in [3.63, 3.8) is 0 Å². The summed E-state index contributed by atoms with van der Waals surface area (Å²) < 4.78 is 0.948. The highest BCUT2D eigenvalue weighted by Crippen LogP contribution is 2.23. The third-order valence-electron chi connectivity index (χ3n) is 2.22. The minimum absolute atomic E-state index is 0.0187. The SMILES string of the molecule is O=C(Nc1ccc(Cl)cc1I)C1CSCN1. The Hall–Kier alpha value is 0.0200. The van der Waals surface area contributed by atoms with Crippen LogP contribution >= 0.6 is 46.0 Å². The molecule has 1 unspecified atom stereocenters. The highest BCUT2D eigenvalue weighted by atomic mass is 127. The van der Waals surface area contributed by atoms with E-state index in [1.54, 1.807) is 17.8 Å². The Morgan fingerprint density at radius 2 is 2.44 bits per heavy atom. The standard InChI is InChI=1S/C10H10ClIN2OS/c11-6-1-2-8(7(12)3-6)14-10(15)9-4-16-5-13-9/h1-3,9,13H,4-5H2,(H,14,15). The maximum Gasteiger partial charge on any atom is 0.242 e. The summed E-state index contributed by atoms with van der Waals surface area (Å²) >= 11 is 9.74. The van der Waals surface area contributed by atoms with E-state index in [0.29, 0.717) is 5.02 Å². The summed E-state index contributed by atoms with van der Waals surface area (Å²) in [4.78, 5) is 11.8. The molecule has 86 valence electrons. The van der Waals surface area contributed by atoms with Crippen LogP contribution in [0.1, 0.15) is 0 Å². The first-order valence-electron chi connectivity index (χ1n) is 4.74. The minimum atomic E-state index is -0.0866. The monoisotopic (exact) mass is 368 g/mol. The van der Waals surface area contributed by atoms with Gasteiger partial charge in [0.1, 0.15) is 0 Å². The van der Waals surface area contributed by atoms with Crippen molar-refractivity contribution < 1.29 is 4.79 Å². The normalized spacial score (nSPS) is 19.8. The van der Waals surface area contributed by atoms with Gasteiger partial charge in [-0.3, -0.25) is 10.1 Å². The van der Waals surface area contributed by atoms with Crippen LogP contribution < -0.4 is 10.6 Å². The molecular formula is C10H10ClIN2OS. The van der Waals surface area contributed by atoms with Crippen LogP contribution in [0.15, 0.2) is 18.2 Å². The summed E-state index contributed by atoms with van der Waals surface area (Å²) in [5.41, 5.74) is 0.814. The van der Waals surface area contributed by atoms with Gasteiger partial charge >= 0.3 is 0 Å². The van der Waals surface area contributed by atoms with Gasteiger partial charge in [0.05, 0.1) is 11.7 Å². The average molecular weight is 369 g/mol. The van der Waals surface area contributed by atoms with Crippen LogP contribution in [0.25, 0.3) is 0 Å². The Morgan fingerprint density at radius 3 is 3.06 bits per heavy atom. The number of amides is 1. The van der Waals surface area contributed by atoms with Crippen molar-refractivity contribution in [2.24, 2.45) is 0 Å². The fraction of sp³-hybridized carbons (Fsp3) is 0.300. The molecule has 0 aliphatic carbocycles. The first kappa shape index (κ1) is 12.5. The van der Waals surface area contributed by atoms with E-state index >= 15 is 0 Å². The molecule has 1 atom stereocenters. The van der Waals surface area contributed by atoms with E-state index < -0.39 is 0 Å². The Morgan fingerprint density at radius 1 is 1.62 bits per heavy atom. The van der Waals surface area contributed by atoms with Crippen LogP contribution in [-0.2, 0) is 4.79 Å². The van der Waals surface area contributed by atoms with E-state index in [4.69, 9.17) is 11.6 Å². The molecule has 1 aliphatic heterocycles. The number of thioether (sulfide) groups is 1. The number of nitrogens with one attached hydrogen (secondary N) is 2. The molecule has 2 rings (SSSR count). The zero-order chi connectivity index (χ0) is 11.5. The van der Waals surface area contributed by atoms with Crippen molar-refractivity contribution in [2.75, 3.05) is 16.9 Å². The lowest BCUT2D eigenvalue weighted by Crippen LogP contribution is -2.37. The lowest BCUT2D eigenvalue weighted by atomic mass is 10.2. The zero-order valence-electron chi connectivity index (χ0n) is 8.30. The summed E-state index contributed by atoms with van der Waals surface area (Å²) in [5, 5.41) is 6.71. The van der Waals surface area contributed by atoms with Crippen molar-refractivity contribution in [1.82, 2.24) is 5.32 Å². The van der Waals surface area contributed by atoms with Gasteiger partial charge in [-0.2, -0.15) is 0 Å². The van der Waals surface area contributed by atoms with Gasteiger partial charge in [0.15, 0.2) is 0 Å². The fourth-order valence-electron chi connectivity index (χ4n) is 1.37. The summed E-state index contributed by atoms with van der Waals surface area (Å²) in [6.45, 7) is 0. The first-order chi connectivity index (χ1) is 7.66. The third kappa shape index (κ3) is 3.03. The van der Waals surface area contributed by atoms with Crippen LogP contribution in [0.4, 0.5) is 5.69 Å². The third-order valence-corrected chi connectivity index (χ3v) is 4.29. The van der Waals surface area contributed by atoms with E-state index in [1.807, 2.05) is 12.1 Å². The van der Waals surface area contributed by atoms with E-state index in [9.17, 15) is 4.79 Å². The number of rotatable bonds is 2. The fourth-order valence-corrected chi connectivity index (χ4v) is 3.32. The van der Waals surface area contributed by atoms with Gasteiger partial charge in [0, 0.05) is 20.2 Å². The molecule has 6 heteroatoms. The van der Waals surface area contributed by atoms with Gasteiger partial charge in [-0.05, 0) is 40.8 Å². The molecule has 16 heavy (non-hydrogen) atoms. The molecule has 1 aromatic carbocycles. The number of hydrogen-bond acceptors (Lipinski definition) is 3. The van der Waals surface area contributed by atoms with E-state index in [0.717, 1.165) is 20.9 Å². The molecule has 0 aromatic heterocycles. The lowest BCUT2D eigenvalue weighted by molar-refractivity contribution is -0.117. The smallest absolute Gasteiger partial charge is 0.242 e. The van der Waals surface area contributed by atoms with Crippen molar-refractivity contribution >= 4 is 57.5 Å². The van der Waals surface area contributed by atoms with E-state index in [1.165, 1.54) is 0 Å². The number of carbonyl (C=O) groups is 1. The van der Waals surface area contributed by atoms with Gasteiger partial charge in [0.25, 0.3) is 0 Å². The molecular weight excluding hydrogens is 359 g/mol. The number of benzene rings is 1. The maximum absolute atomic E-state index is 11.8. The Balaban J connectivity index is 2.05. The van der Waals surface area contributed by atoms with Crippen molar-refractivity contribution in [2.45, 2.75) is 6.04 Å². The topological polar surface area (TPSA) is 41.1 Å². The molecule has 0 radical (unpaired) electrons. The molecule has 1 saturated heterocycles. The Labute approximate surface area is 117 Å². The summed E-state index contributed by atoms with van der Waals surface area (Å²) in [7, 11) is 0. The quantitative estimate of drug-likeness (QED) is 0.788. The summed E-state index contributed by atoms with van der Waals surface area (Å²) in [6, 6.07) is 5.34. The van der Waals surface area contributed by atoms with Crippen molar-refractivity contribution in [3.8, 4) is 0 Å². The zero-order valence-corrected chi connectivity index (χ0v) is 12.0. The number of hydrogen-bond donors (Lipinski definition) is 2. The largest absolute Gasteiger partial charge is 0.324 e. The second-order valence-corrected chi connectivity index (χ2v) is 6.01. The number of anilines is 1. The van der Waals surface area contributed by atoms with E-state index in [2.05, 4.69) is 33.2 Å².